The van der Waals surface area contributed by atoms with Gasteiger partial charge in [0.15, 0.2) is 0 Å². The molecule has 0 amide bonds. The van der Waals surface area contributed by atoms with Crippen LogP contribution in [0.25, 0.3) is 0 Å². The maximum atomic E-state index is 12.1. The smallest absolute Gasteiger partial charge is 0.310 e. The number of halogens is 2. The Bertz CT molecular complexity index is 583. The number of aliphatic carboxylic acids is 1. The van der Waals surface area contributed by atoms with Gasteiger partial charge < -0.3 is 9.84 Å². The molecular formula is C15H14Cl2O4. The molecule has 1 aliphatic rings. The first-order valence-corrected chi connectivity index (χ1v) is 7.23. The zero-order valence-corrected chi connectivity index (χ0v) is 12.6. The Hall–Kier alpha value is -1.52. The summed E-state index contributed by atoms with van der Waals surface area (Å²) in [7, 11) is 0. The number of carboxylic acids is 1. The standard InChI is InChI=1S/C15H14Cl2O4/c16-12-6-5-9(7-13(12)17)8-21-15(20)11-4-2-1-3-10(11)14(18)19/h1-2,5-7,10-11H,3-4,8H2,(H,18,19). The molecule has 0 fully saturated rings. The number of esters is 1. The molecule has 0 spiro atoms. The largest absolute Gasteiger partial charge is 0.481 e. The van der Waals surface area contributed by atoms with Gasteiger partial charge in [0.1, 0.15) is 6.61 Å². The summed E-state index contributed by atoms with van der Waals surface area (Å²) < 4.78 is 5.20. The first-order valence-electron chi connectivity index (χ1n) is 6.47. The molecule has 0 saturated heterocycles. The van der Waals surface area contributed by atoms with Crippen molar-refractivity contribution in [2.45, 2.75) is 19.4 Å². The van der Waals surface area contributed by atoms with E-state index in [0.717, 1.165) is 0 Å². The molecule has 1 aromatic rings. The molecule has 112 valence electrons. The van der Waals surface area contributed by atoms with Gasteiger partial charge in [-0.25, -0.2) is 0 Å². The lowest BCUT2D eigenvalue weighted by atomic mass is 9.83. The highest BCUT2D eigenvalue weighted by molar-refractivity contribution is 6.42. The van der Waals surface area contributed by atoms with Crippen LogP contribution < -0.4 is 0 Å². The van der Waals surface area contributed by atoms with Crippen LogP contribution in [0.3, 0.4) is 0 Å². The molecule has 0 aromatic heterocycles. The average molecular weight is 329 g/mol. The van der Waals surface area contributed by atoms with Gasteiger partial charge in [0.05, 0.1) is 21.9 Å². The van der Waals surface area contributed by atoms with Crippen molar-refractivity contribution >= 4 is 35.1 Å². The van der Waals surface area contributed by atoms with Crippen LogP contribution in [-0.2, 0) is 20.9 Å². The maximum Gasteiger partial charge on any atom is 0.310 e. The lowest BCUT2D eigenvalue weighted by Gasteiger charge is -2.23. The number of benzene rings is 1. The van der Waals surface area contributed by atoms with Crippen LogP contribution >= 0.6 is 23.2 Å². The summed E-state index contributed by atoms with van der Waals surface area (Å²) in [5.74, 6) is -2.85. The zero-order chi connectivity index (χ0) is 15.4. The molecule has 0 heterocycles. The van der Waals surface area contributed by atoms with E-state index in [9.17, 15) is 9.59 Å². The molecule has 1 N–H and O–H groups in total. The Kier molecular flexibility index (Phi) is 5.26. The molecule has 21 heavy (non-hydrogen) atoms. The van der Waals surface area contributed by atoms with E-state index in [2.05, 4.69) is 0 Å². The normalized spacial score (nSPS) is 21.0. The second-order valence-corrected chi connectivity index (χ2v) is 5.66. The Morgan fingerprint density at radius 3 is 2.43 bits per heavy atom. The first-order chi connectivity index (χ1) is 9.99. The van der Waals surface area contributed by atoms with Gasteiger partial charge in [-0.2, -0.15) is 0 Å². The molecular weight excluding hydrogens is 315 g/mol. The van der Waals surface area contributed by atoms with Gasteiger partial charge in [0, 0.05) is 0 Å². The molecule has 0 saturated carbocycles. The second-order valence-electron chi connectivity index (χ2n) is 4.85. The van der Waals surface area contributed by atoms with Crippen molar-refractivity contribution in [1.29, 1.82) is 0 Å². The number of carboxylic acid groups (broad SMARTS) is 1. The first kappa shape index (κ1) is 15.9. The number of hydrogen-bond acceptors (Lipinski definition) is 3. The van der Waals surface area contributed by atoms with Crippen LogP contribution in [0.2, 0.25) is 10.0 Å². The fourth-order valence-corrected chi connectivity index (χ4v) is 2.56. The van der Waals surface area contributed by atoms with E-state index >= 15 is 0 Å². The van der Waals surface area contributed by atoms with Gasteiger partial charge in [0.2, 0.25) is 0 Å². The Labute approximate surface area is 132 Å². The van der Waals surface area contributed by atoms with Gasteiger partial charge in [-0.1, -0.05) is 41.4 Å². The van der Waals surface area contributed by atoms with Crippen molar-refractivity contribution in [3.63, 3.8) is 0 Å². The van der Waals surface area contributed by atoms with Gasteiger partial charge >= 0.3 is 11.9 Å². The summed E-state index contributed by atoms with van der Waals surface area (Å²) in [6.07, 6.45) is 4.32. The Morgan fingerprint density at radius 2 is 1.81 bits per heavy atom. The van der Waals surface area contributed by atoms with Crippen molar-refractivity contribution in [2.24, 2.45) is 11.8 Å². The second kappa shape index (κ2) is 6.96. The van der Waals surface area contributed by atoms with Crippen molar-refractivity contribution in [3.05, 3.63) is 46.0 Å². The maximum absolute atomic E-state index is 12.1. The monoisotopic (exact) mass is 328 g/mol. The van der Waals surface area contributed by atoms with E-state index < -0.39 is 23.8 Å². The molecule has 2 rings (SSSR count). The lowest BCUT2D eigenvalue weighted by Crippen LogP contribution is -2.32. The number of allylic oxidation sites excluding steroid dienone is 2. The number of ether oxygens (including phenoxy) is 1. The van der Waals surface area contributed by atoms with Gasteiger partial charge in [-0.15, -0.1) is 0 Å². The summed E-state index contributed by atoms with van der Waals surface area (Å²) in [5, 5.41) is 9.95. The topological polar surface area (TPSA) is 63.6 Å². The number of carbonyl (C=O) groups is 2. The predicted octanol–water partition coefficient (Wildman–Crippen LogP) is 3.70. The number of rotatable bonds is 4. The van der Waals surface area contributed by atoms with Crippen LogP contribution in [0.15, 0.2) is 30.4 Å². The van der Waals surface area contributed by atoms with E-state index in [4.69, 9.17) is 33.0 Å². The third-order valence-corrected chi connectivity index (χ3v) is 4.16. The Morgan fingerprint density at radius 1 is 1.14 bits per heavy atom. The van der Waals surface area contributed by atoms with Crippen LogP contribution in [0, 0.1) is 11.8 Å². The molecule has 2 unspecified atom stereocenters. The molecule has 0 bridgehead atoms. The highest BCUT2D eigenvalue weighted by Crippen LogP contribution is 2.28. The van der Waals surface area contributed by atoms with Crippen LogP contribution in [-0.4, -0.2) is 17.0 Å². The highest BCUT2D eigenvalue weighted by atomic mass is 35.5. The molecule has 1 aromatic carbocycles. The van der Waals surface area contributed by atoms with E-state index in [0.29, 0.717) is 28.5 Å². The molecule has 0 aliphatic heterocycles. The van der Waals surface area contributed by atoms with Crippen LogP contribution in [0.4, 0.5) is 0 Å². The van der Waals surface area contributed by atoms with E-state index in [1.165, 1.54) is 0 Å². The minimum atomic E-state index is -0.976. The van der Waals surface area contributed by atoms with Gasteiger partial charge in [-0.3, -0.25) is 9.59 Å². The summed E-state index contributed by atoms with van der Waals surface area (Å²) >= 11 is 11.7. The molecule has 4 nitrogen and oxygen atoms in total. The van der Waals surface area contributed by atoms with E-state index in [1.807, 2.05) is 6.08 Å². The average Bonchev–Trinajstić information content (AvgIpc) is 2.48. The fraction of sp³-hybridized carbons (Fsp3) is 0.333. The van der Waals surface area contributed by atoms with Crippen LogP contribution in [0.5, 0.6) is 0 Å². The minimum absolute atomic E-state index is 0.0439. The van der Waals surface area contributed by atoms with Gasteiger partial charge in [0.25, 0.3) is 0 Å². The zero-order valence-electron chi connectivity index (χ0n) is 11.1. The molecule has 1 aliphatic carbocycles. The molecule has 0 radical (unpaired) electrons. The summed E-state index contributed by atoms with van der Waals surface area (Å²) in [6.45, 7) is 0.0439. The summed E-state index contributed by atoms with van der Waals surface area (Å²) in [4.78, 5) is 23.2. The van der Waals surface area contributed by atoms with Crippen molar-refractivity contribution in [3.8, 4) is 0 Å². The van der Waals surface area contributed by atoms with Crippen molar-refractivity contribution < 1.29 is 19.4 Å². The molecule has 2 atom stereocenters. The third kappa shape index (κ3) is 3.99. The summed E-state index contributed by atoms with van der Waals surface area (Å²) in [5.41, 5.74) is 0.705. The number of carbonyl (C=O) groups excluding carboxylic acids is 1. The lowest BCUT2D eigenvalue weighted by molar-refractivity contribution is -0.158. The summed E-state index contributed by atoms with van der Waals surface area (Å²) in [6, 6.07) is 4.94. The molecule has 6 heteroatoms. The van der Waals surface area contributed by atoms with E-state index in [1.54, 1.807) is 24.3 Å². The third-order valence-electron chi connectivity index (χ3n) is 3.42. The highest BCUT2D eigenvalue weighted by Gasteiger charge is 2.35. The fourth-order valence-electron chi connectivity index (χ4n) is 2.24. The quantitative estimate of drug-likeness (QED) is 0.676. The minimum Gasteiger partial charge on any atom is -0.481 e. The van der Waals surface area contributed by atoms with Crippen LogP contribution in [0.1, 0.15) is 18.4 Å². The van der Waals surface area contributed by atoms with Gasteiger partial charge in [-0.05, 0) is 30.5 Å². The van der Waals surface area contributed by atoms with E-state index in [-0.39, 0.29) is 6.61 Å². The Balaban J connectivity index is 1.99. The van der Waals surface area contributed by atoms with Crippen molar-refractivity contribution in [2.75, 3.05) is 0 Å². The van der Waals surface area contributed by atoms with Crippen molar-refractivity contribution in [1.82, 2.24) is 0 Å². The predicted molar refractivity (Wildman–Crippen MR) is 79.2 cm³/mol. The SMILES string of the molecule is O=C(O)C1CC=CCC1C(=O)OCc1ccc(Cl)c(Cl)c1. The number of hydrogen-bond donors (Lipinski definition) is 1.